The van der Waals surface area contributed by atoms with Crippen LogP contribution in [0, 0.1) is 13.8 Å². The summed E-state index contributed by atoms with van der Waals surface area (Å²) in [5, 5.41) is 13.0. The number of furan rings is 1. The molecule has 0 saturated heterocycles. The van der Waals surface area contributed by atoms with Crippen molar-refractivity contribution in [3.63, 3.8) is 0 Å². The predicted octanol–water partition coefficient (Wildman–Crippen LogP) is 3.17. The number of nitrogens with one attached hydrogen (secondary N) is 1. The highest BCUT2D eigenvalue weighted by Gasteiger charge is 2.37. The smallest absolute Gasteiger partial charge is 0.240 e. The van der Waals surface area contributed by atoms with Gasteiger partial charge < -0.3 is 9.52 Å². The summed E-state index contributed by atoms with van der Waals surface area (Å²) in [5.41, 5.74) is 0.0795. The van der Waals surface area contributed by atoms with Crippen LogP contribution in [-0.2, 0) is 15.6 Å². The van der Waals surface area contributed by atoms with Gasteiger partial charge in [-0.05, 0) is 49.1 Å². The second-order valence-corrected chi connectivity index (χ2v) is 8.59. The van der Waals surface area contributed by atoms with Crippen molar-refractivity contribution >= 4 is 21.4 Å². The highest BCUT2D eigenvalue weighted by atomic mass is 32.2. The SMILES string of the molecule is Cc1ccc(S(=O)(=O)NCC(O)(c2ccco2)c2cccs2)c(C)c1. The highest BCUT2D eigenvalue weighted by Crippen LogP contribution is 2.33. The molecule has 0 saturated carbocycles. The summed E-state index contributed by atoms with van der Waals surface area (Å²) in [5.74, 6) is 0.290. The third-order valence-electron chi connectivity index (χ3n) is 4.00. The minimum absolute atomic E-state index is 0.200. The van der Waals surface area contributed by atoms with Gasteiger partial charge in [0.25, 0.3) is 0 Å². The lowest BCUT2D eigenvalue weighted by Crippen LogP contribution is -2.41. The van der Waals surface area contributed by atoms with Crippen LogP contribution in [0.1, 0.15) is 21.8 Å². The van der Waals surface area contributed by atoms with Crippen molar-refractivity contribution in [2.45, 2.75) is 24.3 Å². The third-order valence-corrected chi connectivity index (χ3v) is 6.58. The molecule has 0 aliphatic carbocycles. The summed E-state index contributed by atoms with van der Waals surface area (Å²) in [6, 6.07) is 12.0. The molecule has 0 amide bonds. The number of hydrogen-bond donors (Lipinski definition) is 2. The molecule has 0 fully saturated rings. The lowest BCUT2D eigenvalue weighted by Gasteiger charge is -2.25. The topological polar surface area (TPSA) is 79.5 Å². The van der Waals surface area contributed by atoms with Crippen LogP contribution in [0.2, 0.25) is 0 Å². The van der Waals surface area contributed by atoms with E-state index in [4.69, 9.17) is 4.42 Å². The molecule has 2 N–H and O–H groups in total. The Kier molecular flexibility index (Phi) is 4.83. The molecular formula is C18H19NO4S2. The van der Waals surface area contributed by atoms with Gasteiger partial charge in [0.1, 0.15) is 5.76 Å². The number of hydrogen-bond acceptors (Lipinski definition) is 5. The van der Waals surface area contributed by atoms with E-state index in [2.05, 4.69) is 4.72 Å². The Labute approximate surface area is 151 Å². The van der Waals surface area contributed by atoms with Crippen LogP contribution in [-0.4, -0.2) is 20.1 Å². The standard InChI is InChI=1S/C18H19NO4S2/c1-13-7-8-15(14(2)11-13)25(21,22)19-12-18(20,16-5-3-9-23-16)17-6-4-10-24-17/h3-11,19-20H,12H2,1-2H3. The molecule has 1 atom stereocenters. The molecule has 0 aliphatic rings. The van der Waals surface area contributed by atoms with E-state index >= 15 is 0 Å². The van der Waals surface area contributed by atoms with Crippen molar-refractivity contribution < 1.29 is 17.9 Å². The van der Waals surface area contributed by atoms with Crippen molar-refractivity contribution in [3.05, 3.63) is 75.9 Å². The second-order valence-electron chi connectivity index (χ2n) is 5.91. The van der Waals surface area contributed by atoms with Crippen LogP contribution in [0.5, 0.6) is 0 Å². The zero-order valence-electron chi connectivity index (χ0n) is 13.9. The molecule has 0 bridgehead atoms. The molecule has 25 heavy (non-hydrogen) atoms. The fourth-order valence-electron chi connectivity index (χ4n) is 2.70. The maximum atomic E-state index is 12.7. The van der Waals surface area contributed by atoms with E-state index in [1.807, 2.05) is 18.4 Å². The second kappa shape index (κ2) is 6.76. The zero-order valence-corrected chi connectivity index (χ0v) is 15.5. The van der Waals surface area contributed by atoms with E-state index in [0.29, 0.717) is 16.2 Å². The van der Waals surface area contributed by atoms with Crippen molar-refractivity contribution in [3.8, 4) is 0 Å². The Hall–Kier alpha value is -1.93. The van der Waals surface area contributed by atoms with E-state index in [1.165, 1.54) is 17.6 Å². The fourth-order valence-corrected chi connectivity index (χ4v) is 4.81. The van der Waals surface area contributed by atoms with Crippen LogP contribution < -0.4 is 4.72 Å². The molecule has 5 nitrogen and oxygen atoms in total. The number of sulfonamides is 1. The first-order chi connectivity index (χ1) is 11.8. The van der Waals surface area contributed by atoms with Gasteiger partial charge >= 0.3 is 0 Å². The number of thiophene rings is 1. The summed E-state index contributed by atoms with van der Waals surface area (Å²) in [7, 11) is -3.77. The van der Waals surface area contributed by atoms with Crippen LogP contribution in [0.15, 0.2) is 63.4 Å². The van der Waals surface area contributed by atoms with Crippen LogP contribution in [0.25, 0.3) is 0 Å². The van der Waals surface area contributed by atoms with Crippen molar-refractivity contribution in [1.82, 2.24) is 4.72 Å². The minimum atomic E-state index is -3.77. The largest absolute Gasteiger partial charge is 0.466 e. The lowest BCUT2D eigenvalue weighted by atomic mass is 9.99. The molecule has 7 heteroatoms. The Morgan fingerprint density at radius 1 is 1.20 bits per heavy atom. The molecule has 0 radical (unpaired) electrons. The van der Waals surface area contributed by atoms with E-state index < -0.39 is 15.6 Å². The Bertz CT molecular complexity index is 911. The van der Waals surface area contributed by atoms with E-state index in [9.17, 15) is 13.5 Å². The first-order valence-corrected chi connectivity index (χ1v) is 10.1. The minimum Gasteiger partial charge on any atom is -0.466 e. The molecule has 1 aromatic carbocycles. The summed E-state index contributed by atoms with van der Waals surface area (Å²) >= 11 is 1.33. The van der Waals surface area contributed by atoms with Crippen LogP contribution >= 0.6 is 11.3 Å². The van der Waals surface area contributed by atoms with Gasteiger partial charge in [0.05, 0.1) is 17.7 Å². The third kappa shape index (κ3) is 3.55. The Morgan fingerprint density at radius 3 is 2.60 bits per heavy atom. The number of aryl methyl sites for hydroxylation is 2. The number of aliphatic hydroxyl groups is 1. The van der Waals surface area contributed by atoms with Crippen molar-refractivity contribution in [1.29, 1.82) is 0 Å². The number of rotatable bonds is 6. The molecule has 0 aliphatic heterocycles. The van der Waals surface area contributed by atoms with Gasteiger partial charge in [0, 0.05) is 4.88 Å². The van der Waals surface area contributed by atoms with Gasteiger partial charge in [-0.15, -0.1) is 11.3 Å². The fraction of sp³-hybridized carbons (Fsp3) is 0.222. The van der Waals surface area contributed by atoms with E-state index in [1.54, 1.807) is 43.3 Å². The highest BCUT2D eigenvalue weighted by molar-refractivity contribution is 7.89. The Morgan fingerprint density at radius 2 is 2.00 bits per heavy atom. The summed E-state index contributed by atoms with van der Waals surface area (Å²) in [4.78, 5) is 0.803. The molecule has 132 valence electrons. The quantitative estimate of drug-likeness (QED) is 0.691. The van der Waals surface area contributed by atoms with E-state index in [0.717, 1.165) is 5.56 Å². The average molecular weight is 377 g/mol. The summed E-state index contributed by atoms with van der Waals surface area (Å²) in [6.07, 6.45) is 1.45. The predicted molar refractivity (Wildman–Crippen MR) is 97.1 cm³/mol. The first-order valence-electron chi connectivity index (χ1n) is 7.70. The van der Waals surface area contributed by atoms with Crippen LogP contribution in [0.3, 0.4) is 0 Å². The molecule has 3 rings (SSSR count). The first kappa shape index (κ1) is 17.9. The van der Waals surface area contributed by atoms with Gasteiger partial charge in [-0.3, -0.25) is 0 Å². The molecule has 3 aromatic rings. The van der Waals surface area contributed by atoms with Gasteiger partial charge in [0.2, 0.25) is 10.0 Å². The average Bonchev–Trinajstić information content (AvgIpc) is 3.26. The van der Waals surface area contributed by atoms with Gasteiger partial charge in [-0.25, -0.2) is 13.1 Å². The molecule has 2 aromatic heterocycles. The molecule has 2 heterocycles. The molecule has 1 unspecified atom stereocenters. The molecule has 0 spiro atoms. The van der Waals surface area contributed by atoms with Crippen molar-refractivity contribution in [2.24, 2.45) is 0 Å². The zero-order chi connectivity index (χ0) is 18.1. The maximum Gasteiger partial charge on any atom is 0.240 e. The Balaban J connectivity index is 1.91. The normalized spacial score (nSPS) is 14.4. The molecular weight excluding hydrogens is 358 g/mol. The lowest BCUT2D eigenvalue weighted by molar-refractivity contribution is 0.0655. The van der Waals surface area contributed by atoms with E-state index in [-0.39, 0.29) is 11.4 Å². The van der Waals surface area contributed by atoms with Crippen LogP contribution in [0.4, 0.5) is 0 Å². The summed E-state index contributed by atoms with van der Waals surface area (Å²) < 4.78 is 33.3. The summed E-state index contributed by atoms with van der Waals surface area (Å²) in [6.45, 7) is 3.43. The van der Waals surface area contributed by atoms with Crippen molar-refractivity contribution in [2.75, 3.05) is 6.54 Å². The van der Waals surface area contributed by atoms with Gasteiger partial charge in [0.15, 0.2) is 5.60 Å². The van der Waals surface area contributed by atoms with Gasteiger partial charge in [-0.2, -0.15) is 0 Å². The maximum absolute atomic E-state index is 12.7. The van der Waals surface area contributed by atoms with Gasteiger partial charge in [-0.1, -0.05) is 23.8 Å². The monoisotopic (exact) mass is 377 g/mol. The number of benzene rings is 1.